The summed E-state index contributed by atoms with van der Waals surface area (Å²) in [5.74, 6) is 0. The smallest absolute Gasteiger partial charge is 0.0273 e. The monoisotopic (exact) mass is 172 g/mol. The third kappa shape index (κ3) is 1.35. The van der Waals surface area contributed by atoms with Crippen LogP contribution in [0.1, 0.15) is 11.3 Å². The van der Waals surface area contributed by atoms with Gasteiger partial charge in [0, 0.05) is 29.8 Å². The molecule has 0 aliphatic heterocycles. The van der Waals surface area contributed by atoms with Gasteiger partial charge >= 0.3 is 0 Å². The zero-order valence-corrected chi connectivity index (χ0v) is 7.83. The number of nitrogens with zero attached hydrogens (tertiary/aromatic N) is 1. The van der Waals surface area contributed by atoms with E-state index in [4.69, 9.17) is 0 Å². The van der Waals surface area contributed by atoms with Gasteiger partial charge in [0.1, 0.15) is 0 Å². The molecule has 0 aromatic carbocycles. The van der Waals surface area contributed by atoms with E-state index in [0.717, 1.165) is 0 Å². The summed E-state index contributed by atoms with van der Waals surface area (Å²) >= 11 is 0. The lowest BCUT2D eigenvalue weighted by Gasteiger charge is -1.98. The molecule has 2 aromatic heterocycles. The molecule has 2 nitrogen and oxygen atoms in total. The van der Waals surface area contributed by atoms with Gasteiger partial charge < -0.3 is 4.98 Å². The van der Waals surface area contributed by atoms with Crippen molar-refractivity contribution in [2.75, 3.05) is 0 Å². The number of rotatable bonds is 1. The lowest BCUT2D eigenvalue weighted by atomic mass is 10.1. The molecule has 0 aliphatic carbocycles. The van der Waals surface area contributed by atoms with Crippen molar-refractivity contribution in [3.63, 3.8) is 0 Å². The molecule has 0 atom stereocenters. The molecular formula is C11H12N2. The van der Waals surface area contributed by atoms with Crippen LogP contribution >= 0.6 is 0 Å². The molecule has 0 saturated heterocycles. The molecule has 0 unspecified atom stereocenters. The minimum atomic E-state index is 1.22. The summed E-state index contributed by atoms with van der Waals surface area (Å²) in [5.41, 5.74) is 5.02. The van der Waals surface area contributed by atoms with Crippen molar-refractivity contribution in [1.29, 1.82) is 0 Å². The topological polar surface area (TPSA) is 28.7 Å². The molecule has 0 amide bonds. The molecule has 2 aromatic rings. The van der Waals surface area contributed by atoms with Gasteiger partial charge in [-0.15, -0.1) is 0 Å². The molecule has 0 saturated carbocycles. The summed E-state index contributed by atoms with van der Waals surface area (Å²) in [6.07, 6.45) is 5.67. The van der Waals surface area contributed by atoms with E-state index in [1.165, 1.54) is 22.4 Å². The van der Waals surface area contributed by atoms with Crippen molar-refractivity contribution in [1.82, 2.24) is 9.97 Å². The van der Waals surface area contributed by atoms with Gasteiger partial charge in [-0.2, -0.15) is 0 Å². The average Bonchev–Trinajstić information content (AvgIpc) is 2.49. The Kier molecular flexibility index (Phi) is 1.89. The van der Waals surface area contributed by atoms with E-state index < -0.39 is 0 Å². The number of hydrogen-bond acceptors (Lipinski definition) is 1. The van der Waals surface area contributed by atoms with Crippen molar-refractivity contribution in [3.05, 3.63) is 42.0 Å². The highest BCUT2D eigenvalue weighted by Gasteiger charge is 2.04. The minimum Gasteiger partial charge on any atom is -0.364 e. The van der Waals surface area contributed by atoms with Crippen molar-refractivity contribution < 1.29 is 0 Å². The fourth-order valence-electron chi connectivity index (χ4n) is 1.43. The predicted molar refractivity (Wildman–Crippen MR) is 53.5 cm³/mol. The van der Waals surface area contributed by atoms with Crippen LogP contribution in [0, 0.1) is 13.8 Å². The fourth-order valence-corrected chi connectivity index (χ4v) is 1.43. The molecule has 2 rings (SSSR count). The molecule has 0 fully saturated rings. The van der Waals surface area contributed by atoms with E-state index in [1.807, 2.05) is 30.7 Å². The van der Waals surface area contributed by atoms with Gasteiger partial charge in [-0.05, 0) is 37.1 Å². The molecule has 2 heteroatoms. The summed E-state index contributed by atoms with van der Waals surface area (Å²) in [5, 5.41) is 0. The Balaban J connectivity index is 2.53. The summed E-state index contributed by atoms with van der Waals surface area (Å²) in [7, 11) is 0. The number of pyridine rings is 1. The minimum absolute atomic E-state index is 1.22. The number of aryl methyl sites for hydroxylation is 1. The number of aromatic nitrogens is 2. The molecule has 13 heavy (non-hydrogen) atoms. The maximum Gasteiger partial charge on any atom is 0.0273 e. The first-order valence-electron chi connectivity index (χ1n) is 4.34. The van der Waals surface area contributed by atoms with Crippen LogP contribution in [-0.2, 0) is 0 Å². The second-order valence-electron chi connectivity index (χ2n) is 3.19. The predicted octanol–water partition coefficient (Wildman–Crippen LogP) is 2.69. The van der Waals surface area contributed by atoms with Crippen LogP contribution in [0.4, 0.5) is 0 Å². The van der Waals surface area contributed by atoms with Gasteiger partial charge in [0.2, 0.25) is 0 Å². The van der Waals surface area contributed by atoms with Crippen LogP contribution in [0.2, 0.25) is 0 Å². The highest BCUT2D eigenvalue weighted by atomic mass is 14.7. The standard InChI is InChI=1S/C11H12N2/c1-8-9(2)13-7-11(8)10-3-5-12-6-4-10/h3-7,13H,1-2H3. The zero-order chi connectivity index (χ0) is 9.26. The van der Waals surface area contributed by atoms with Gasteiger partial charge in [0.05, 0.1) is 0 Å². The summed E-state index contributed by atoms with van der Waals surface area (Å²) in [6, 6.07) is 4.05. The molecular weight excluding hydrogens is 160 g/mol. The van der Waals surface area contributed by atoms with Crippen molar-refractivity contribution in [3.8, 4) is 11.1 Å². The molecule has 1 N–H and O–H groups in total. The van der Waals surface area contributed by atoms with E-state index in [0.29, 0.717) is 0 Å². The molecule has 0 radical (unpaired) electrons. The highest BCUT2D eigenvalue weighted by Crippen LogP contribution is 2.24. The first kappa shape index (κ1) is 8.05. The molecule has 0 bridgehead atoms. The SMILES string of the molecule is Cc1[nH]cc(-c2ccncc2)c1C. The molecule has 0 spiro atoms. The second-order valence-corrected chi connectivity index (χ2v) is 3.19. The van der Waals surface area contributed by atoms with Gasteiger partial charge in [-0.25, -0.2) is 0 Å². The summed E-state index contributed by atoms with van der Waals surface area (Å²) in [6.45, 7) is 4.21. The second kappa shape index (κ2) is 3.05. The number of hydrogen-bond donors (Lipinski definition) is 1. The van der Waals surface area contributed by atoms with Crippen molar-refractivity contribution in [2.24, 2.45) is 0 Å². The van der Waals surface area contributed by atoms with Crippen LogP contribution in [0.5, 0.6) is 0 Å². The first-order chi connectivity index (χ1) is 6.29. The van der Waals surface area contributed by atoms with E-state index in [2.05, 4.69) is 23.8 Å². The van der Waals surface area contributed by atoms with Gasteiger partial charge in [0.25, 0.3) is 0 Å². The Morgan fingerprint density at radius 1 is 1.15 bits per heavy atom. The Labute approximate surface area is 77.6 Å². The van der Waals surface area contributed by atoms with Crippen LogP contribution in [-0.4, -0.2) is 9.97 Å². The molecule has 0 aliphatic rings. The third-order valence-electron chi connectivity index (χ3n) is 2.39. The van der Waals surface area contributed by atoms with Crippen LogP contribution in [0.3, 0.4) is 0 Å². The summed E-state index contributed by atoms with van der Waals surface area (Å²) in [4.78, 5) is 7.21. The number of aromatic amines is 1. The Morgan fingerprint density at radius 3 is 2.38 bits per heavy atom. The maximum absolute atomic E-state index is 4.00. The van der Waals surface area contributed by atoms with Crippen molar-refractivity contribution in [2.45, 2.75) is 13.8 Å². The Bertz CT molecular complexity index is 401. The van der Waals surface area contributed by atoms with Gasteiger partial charge in [0.15, 0.2) is 0 Å². The van der Waals surface area contributed by atoms with E-state index in [9.17, 15) is 0 Å². The first-order valence-corrected chi connectivity index (χ1v) is 4.34. The normalized spacial score (nSPS) is 10.3. The fraction of sp³-hybridized carbons (Fsp3) is 0.182. The zero-order valence-electron chi connectivity index (χ0n) is 7.83. The molecule has 2 heterocycles. The van der Waals surface area contributed by atoms with Crippen LogP contribution in [0.25, 0.3) is 11.1 Å². The number of H-pyrrole nitrogens is 1. The van der Waals surface area contributed by atoms with Gasteiger partial charge in [-0.3, -0.25) is 4.98 Å². The lowest BCUT2D eigenvalue weighted by Crippen LogP contribution is -1.79. The van der Waals surface area contributed by atoms with Crippen LogP contribution in [0.15, 0.2) is 30.7 Å². The van der Waals surface area contributed by atoms with E-state index in [1.54, 1.807) is 0 Å². The summed E-state index contributed by atoms with van der Waals surface area (Å²) < 4.78 is 0. The lowest BCUT2D eigenvalue weighted by molar-refractivity contribution is 1.23. The van der Waals surface area contributed by atoms with E-state index in [-0.39, 0.29) is 0 Å². The Morgan fingerprint density at radius 2 is 1.85 bits per heavy atom. The van der Waals surface area contributed by atoms with Gasteiger partial charge in [-0.1, -0.05) is 0 Å². The largest absolute Gasteiger partial charge is 0.364 e. The van der Waals surface area contributed by atoms with Crippen molar-refractivity contribution >= 4 is 0 Å². The number of nitrogens with one attached hydrogen (secondary N) is 1. The Hall–Kier alpha value is -1.57. The van der Waals surface area contributed by atoms with Crippen LogP contribution < -0.4 is 0 Å². The van der Waals surface area contributed by atoms with E-state index >= 15 is 0 Å². The quantitative estimate of drug-likeness (QED) is 0.704. The molecule has 66 valence electrons. The highest BCUT2D eigenvalue weighted by molar-refractivity contribution is 5.67. The average molecular weight is 172 g/mol. The maximum atomic E-state index is 4.00. The third-order valence-corrected chi connectivity index (χ3v) is 2.39.